The average Bonchev–Trinajstić information content (AvgIpc) is 2.49. The molecule has 1 heterocycles. The lowest BCUT2D eigenvalue weighted by Gasteiger charge is -2.12. The van der Waals surface area contributed by atoms with Gasteiger partial charge < -0.3 is 20.9 Å². The minimum absolute atomic E-state index is 0.0648. The number of rotatable bonds is 3. The molecule has 6 nitrogen and oxygen atoms in total. The summed E-state index contributed by atoms with van der Waals surface area (Å²) in [6.45, 7) is 0. The molecule has 0 spiro atoms. The van der Waals surface area contributed by atoms with Crippen molar-refractivity contribution in [3.05, 3.63) is 40.4 Å². The van der Waals surface area contributed by atoms with E-state index in [0.29, 0.717) is 38.2 Å². The van der Waals surface area contributed by atoms with E-state index in [1.54, 1.807) is 30.3 Å². The van der Waals surface area contributed by atoms with Crippen LogP contribution in [0, 0.1) is 0 Å². The van der Waals surface area contributed by atoms with Gasteiger partial charge in [-0.1, -0.05) is 23.2 Å². The van der Waals surface area contributed by atoms with Crippen LogP contribution >= 0.6 is 23.2 Å². The molecule has 0 aliphatic rings. The number of methoxy groups -OCH3 is 1. The molecular weight excluding hydrogens is 339 g/mol. The molecule has 23 heavy (non-hydrogen) atoms. The highest BCUT2D eigenvalue weighted by Crippen LogP contribution is 2.37. The maximum atomic E-state index is 6.11. The topological polar surface area (TPSA) is 96.3 Å². The first kappa shape index (κ1) is 15.5. The van der Waals surface area contributed by atoms with Crippen molar-refractivity contribution < 1.29 is 9.47 Å². The molecule has 0 amide bonds. The first-order valence-electron chi connectivity index (χ1n) is 6.51. The Balaban J connectivity index is 2.13. The van der Waals surface area contributed by atoms with E-state index in [0.717, 1.165) is 0 Å². The molecule has 0 unspecified atom stereocenters. The standard InChI is InChI=1S/C15H12Cl2N4O2/c1-22-12-6-8(23-11-4-7(16)2-3-9(11)17)5-10-13(12)14(18)21-15(19)20-10/h2-6H,1H3,(H4,18,19,20,21). The highest BCUT2D eigenvalue weighted by molar-refractivity contribution is 6.34. The fourth-order valence-corrected chi connectivity index (χ4v) is 2.47. The Morgan fingerprint density at radius 2 is 1.78 bits per heavy atom. The van der Waals surface area contributed by atoms with Gasteiger partial charge in [0.2, 0.25) is 5.95 Å². The first-order chi connectivity index (χ1) is 11.0. The second kappa shape index (κ2) is 5.98. The predicted molar refractivity (Wildman–Crippen MR) is 91.5 cm³/mol. The molecule has 8 heteroatoms. The molecule has 0 saturated carbocycles. The van der Waals surface area contributed by atoms with Crippen LogP contribution in [0.25, 0.3) is 10.9 Å². The Labute approximate surface area is 141 Å². The number of ether oxygens (including phenoxy) is 2. The third-order valence-corrected chi connectivity index (χ3v) is 3.67. The van der Waals surface area contributed by atoms with E-state index in [-0.39, 0.29) is 11.8 Å². The molecule has 0 fully saturated rings. The Morgan fingerprint density at radius 1 is 1.00 bits per heavy atom. The van der Waals surface area contributed by atoms with E-state index < -0.39 is 0 Å². The Hall–Kier alpha value is -2.44. The van der Waals surface area contributed by atoms with Crippen LogP contribution in [0.1, 0.15) is 0 Å². The molecule has 0 aliphatic heterocycles. The largest absolute Gasteiger partial charge is 0.496 e. The van der Waals surface area contributed by atoms with E-state index in [1.165, 1.54) is 7.11 Å². The number of halogens is 2. The summed E-state index contributed by atoms with van der Waals surface area (Å²) in [4.78, 5) is 8.09. The molecule has 3 rings (SSSR count). The molecule has 0 bridgehead atoms. The maximum absolute atomic E-state index is 6.11. The van der Waals surface area contributed by atoms with Gasteiger partial charge in [-0.2, -0.15) is 4.98 Å². The summed E-state index contributed by atoms with van der Waals surface area (Å²) >= 11 is 12.1. The van der Waals surface area contributed by atoms with Crippen molar-refractivity contribution in [3.63, 3.8) is 0 Å². The van der Waals surface area contributed by atoms with E-state index in [1.807, 2.05) is 0 Å². The first-order valence-corrected chi connectivity index (χ1v) is 7.27. The van der Waals surface area contributed by atoms with Crippen LogP contribution in [-0.2, 0) is 0 Å². The number of fused-ring (bicyclic) bond motifs is 1. The van der Waals surface area contributed by atoms with E-state index in [4.69, 9.17) is 44.1 Å². The van der Waals surface area contributed by atoms with Gasteiger partial charge in [0.25, 0.3) is 0 Å². The monoisotopic (exact) mass is 350 g/mol. The number of anilines is 2. The Kier molecular flexibility index (Phi) is 4.02. The molecule has 0 aliphatic carbocycles. The van der Waals surface area contributed by atoms with Crippen LogP contribution in [0.5, 0.6) is 17.2 Å². The van der Waals surface area contributed by atoms with Crippen molar-refractivity contribution in [2.45, 2.75) is 0 Å². The van der Waals surface area contributed by atoms with Crippen molar-refractivity contribution in [1.29, 1.82) is 0 Å². The van der Waals surface area contributed by atoms with Crippen LogP contribution in [0.15, 0.2) is 30.3 Å². The number of nitrogens with two attached hydrogens (primary N) is 2. The van der Waals surface area contributed by atoms with Gasteiger partial charge in [-0.05, 0) is 12.1 Å². The lowest BCUT2D eigenvalue weighted by atomic mass is 10.2. The summed E-state index contributed by atoms with van der Waals surface area (Å²) in [5, 5.41) is 1.49. The van der Waals surface area contributed by atoms with E-state index in [2.05, 4.69) is 9.97 Å². The highest BCUT2D eigenvalue weighted by atomic mass is 35.5. The Morgan fingerprint density at radius 3 is 2.52 bits per heavy atom. The van der Waals surface area contributed by atoms with Crippen LogP contribution in [0.3, 0.4) is 0 Å². The van der Waals surface area contributed by atoms with Gasteiger partial charge in [0.05, 0.1) is 23.0 Å². The van der Waals surface area contributed by atoms with Crippen LogP contribution in [-0.4, -0.2) is 17.1 Å². The molecule has 0 radical (unpaired) electrons. The zero-order valence-electron chi connectivity index (χ0n) is 12.0. The highest BCUT2D eigenvalue weighted by Gasteiger charge is 2.13. The molecule has 0 saturated heterocycles. The fraction of sp³-hybridized carbons (Fsp3) is 0.0667. The van der Waals surface area contributed by atoms with Crippen molar-refractivity contribution >= 4 is 45.9 Å². The van der Waals surface area contributed by atoms with Gasteiger partial charge in [0, 0.05) is 23.2 Å². The van der Waals surface area contributed by atoms with Gasteiger partial charge in [-0.25, -0.2) is 4.98 Å². The van der Waals surface area contributed by atoms with Gasteiger partial charge in [-0.3, -0.25) is 0 Å². The maximum Gasteiger partial charge on any atom is 0.222 e. The number of nitrogens with zero attached hydrogens (tertiary/aromatic N) is 2. The third-order valence-electron chi connectivity index (χ3n) is 3.12. The summed E-state index contributed by atoms with van der Waals surface area (Å²) < 4.78 is 11.1. The molecule has 4 N–H and O–H groups in total. The van der Waals surface area contributed by atoms with Crippen LogP contribution < -0.4 is 20.9 Å². The predicted octanol–water partition coefficient (Wildman–Crippen LogP) is 3.90. The van der Waals surface area contributed by atoms with E-state index >= 15 is 0 Å². The summed E-state index contributed by atoms with van der Waals surface area (Å²) in [5.74, 6) is 1.63. The zero-order chi connectivity index (χ0) is 16.6. The van der Waals surface area contributed by atoms with Crippen molar-refractivity contribution in [3.8, 4) is 17.2 Å². The van der Waals surface area contributed by atoms with Crippen molar-refractivity contribution in [1.82, 2.24) is 9.97 Å². The summed E-state index contributed by atoms with van der Waals surface area (Å²) in [6.07, 6.45) is 0. The summed E-state index contributed by atoms with van der Waals surface area (Å²) in [6, 6.07) is 8.27. The summed E-state index contributed by atoms with van der Waals surface area (Å²) in [7, 11) is 1.51. The SMILES string of the molecule is COc1cc(Oc2cc(Cl)ccc2Cl)cc2nc(N)nc(N)c12. The molecule has 1 aromatic heterocycles. The lowest BCUT2D eigenvalue weighted by molar-refractivity contribution is 0.414. The second-order valence-corrected chi connectivity index (χ2v) is 5.51. The zero-order valence-corrected chi connectivity index (χ0v) is 13.5. The van der Waals surface area contributed by atoms with Crippen molar-refractivity contribution in [2.24, 2.45) is 0 Å². The van der Waals surface area contributed by atoms with Crippen LogP contribution in [0.4, 0.5) is 11.8 Å². The summed E-state index contributed by atoms with van der Waals surface area (Å²) in [5.41, 5.74) is 12.0. The fourth-order valence-electron chi connectivity index (χ4n) is 2.15. The Bertz CT molecular complexity index is 902. The number of benzene rings is 2. The number of hydrogen-bond donors (Lipinski definition) is 2. The lowest BCUT2D eigenvalue weighted by Crippen LogP contribution is -2.02. The molecular formula is C15H12Cl2N4O2. The normalized spacial score (nSPS) is 10.7. The van der Waals surface area contributed by atoms with Gasteiger partial charge in [0.15, 0.2) is 0 Å². The number of nitrogen functional groups attached to an aromatic ring is 2. The van der Waals surface area contributed by atoms with Gasteiger partial charge in [0.1, 0.15) is 23.1 Å². The molecule has 118 valence electrons. The smallest absolute Gasteiger partial charge is 0.222 e. The van der Waals surface area contributed by atoms with Crippen LogP contribution in [0.2, 0.25) is 10.0 Å². The second-order valence-electron chi connectivity index (χ2n) is 4.66. The molecule has 0 atom stereocenters. The number of aromatic nitrogens is 2. The minimum atomic E-state index is 0.0648. The van der Waals surface area contributed by atoms with E-state index in [9.17, 15) is 0 Å². The van der Waals surface area contributed by atoms with Crippen molar-refractivity contribution in [2.75, 3.05) is 18.6 Å². The minimum Gasteiger partial charge on any atom is -0.496 e. The third kappa shape index (κ3) is 3.04. The van der Waals surface area contributed by atoms with Gasteiger partial charge >= 0.3 is 0 Å². The average molecular weight is 351 g/mol. The van der Waals surface area contributed by atoms with Gasteiger partial charge in [-0.15, -0.1) is 0 Å². The molecule has 2 aromatic carbocycles. The quantitative estimate of drug-likeness (QED) is 0.743. The molecule has 3 aromatic rings. The number of hydrogen-bond acceptors (Lipinski definition) is 6.